The second kappa shape index (κ2) is 11.4. The Morgan fingerprint density at radius 2 is 2.00 bits per heavy atom. The molecule has 0 aliphatic heterocycles. The molecule has 0 saturated heterocycles. The van der Waals surface area contributed by atoms with E-state index in [4.69, 9.17) is 21.4 Å². The van der Waals surface area contributed by atoms with Crippen LogP contribution in [0.4, 0.5) is 11.6 Å². The molecule has 5 aromatic heterocycles. The van der Waals surface area contributed by atoms with Gasteiger partial charge in [0.15, 0.2) is 11.6 Å². The Bertz CT molecular complexity index is 1660. The molecule has 0 aromatic carbocycles. The van der Waals surface area contributed by atoms with Gasteiger partial charge in [0.25, 0.3) is 11.5 Å². The number of halogens is 1. The molecule has 5 heterocycles. The minimum atomic E-state index is -0.368. The first-order valence-corrected chi connectivity index (χ1v) is 13.7. The van der Waals surface area contributed by atoms with E-state index in [1.807, 2.05) is 31.1 Å². The summed E-state index contributed by atoms with van der Waals surface area (Å²) in [6, 6.07) is 6.87. The molecule has 200 valence electrons. The lowest BCUT2D eigenvalue weighted by Gasteiger charge is -2.22. The summed E-state index contributed by atoms with van der Waals surface area (Å²) in [5.74, 6) is 0.918. The fourth-order valence-electron chi connectivity index (χ4n) is 4.08. The van der Waals surface area contributed by atoms with Crippen molar-refractivity contribution >= 4 is 51.8 Å². The quantitative estimate of drug-likeness (QED) is 0.274. The summed E-state index contributed by atoms with van der Waals surface area (Å²) in [6.07, 6.45) is 6.26. The fraction of sp³-hybridized carbons (Fsp3) is 0.200. The number of carbonyl (C=O) groups excluding carboxylic acids is 1. The first-order chi connectivity index (χ1) is 18.9. The average Bonchev–Trinajstić information content (AvgIpc) is 3.68. The van der Waals surface area contributed by atoms with Crippen LogP contribution in [0.2, 0.25) is 4.34 Å². The number of anilines is 2. The van der Waals surface area contributed by atoms with Crippen LogP contribution >= 0.6 is 34.3 Å². The Kier molecular flexibility index (Phi) is 7.72. The third-order valence-electron chi connectivity index (χ3n) is 5.71. The molecular formula is C25H23ClN8O3S2. The van der Waals surface area contributed by atoms with Crippen molar-refractivity contribution in [3.05, 3.63) is 84.7 Å². The van der Waals surface area contributed by atoms with Crippen molar-refractivity contribution < 1.29 is 9.53 Å². The molecule has 39 heavy (non-hydrogen) atoms. The van der Waals surface area contributed by atoms with Gasteiger partial charge >= 0.3 is 0 Å². The number of thiazole rings is 1. The third-order valence-corrected chi connectivity index (χ3v) is 7.70. The van der Waals surface area contributed by atoms with E-state index in [1.54, 1.807) is 34.7 Å². The van der Waals surface area contributed by atoms with Crippen LogP contribution in [0.15, 0.2) is 59.4 Å². The lowest BCUT2D eigenvalue weighted by molar-refractivity contribution is 0.0951. The van der Waals surface area contributed by atoms with E-state index in [0.717, 1.165) is 4.88 Å². The Hall–Kier alpha value is -4.07. The van der Waals surface area contributed by atoms with Gasteiger partial charge in [0.1, 0.15) is 16.4 Å². The lowest BCUT2D eigenvalue weighted by Crippen LogP contribution is -2.28. The van der Waals surface area contributed by atoms with Crippen LogP contribution in [-0.2, 0) is 13.1 Å². The Morgan fingerprint density at radius 3 is 2.64 bits per heavy atom. The monoisotopic (exact) mass is 582 g/mol. The van der Waals surface area contributed by atoms with Gasteiger partial charge in [-0.1, -0.05) is 11.6 Å². The number of nitrogens with one attached hydrogen (secondary N) is 1. The minimum absolute atomic E-state index is 0.196. The van der Waals surface area contributed by atoms with Crippen molar-refractivity contribution in [3.63, 3.8) is 0 Å². The van der Waals surface area contributed by atoms with Gasteiger partial charge in [0, 0.05) is 43.0 Å². The summed E-state index contributed by atoms with van der Waals surface area (Å²) >= 11 is 8.76. The molecule has 0 amide bonds. The second-order valence-electron chi connectivity index (χ2n) is 8.46. The van der Waals surface area contributed by atoms with E-state index in [1.165, 1.54) is 46.7 Å². The first-order valence-electron chi connectivity index (χ1n) is 11.6. The van der Waals surface area contributed by atoms with Crippen LogP contribution in [0.3, 0.4) is 0 Å². The summed E-state index contributed by atoms with van der Waals surface area (Å²) in [6.45, 7) is 0.586. The number of hydrogen-bond acceptors (Lipinski definition) is 11. The predicted molar refractivity (Wildman–Crippen MR) is 152 cm³/mol. The second-order valence-corrected chi connectivity index (χ2v) is 11.1. The number of nitrogens with zero attached hydrogens (tertiary/aromatic N) is 7. The van der Waals surface area contributed by atoms with Crippen molar-refractivity contribution in [3.8, 4) is 17.0 Å². The fourth-order valence-corrected chi connectivity index (χ4v) is 5.65. The van der Waals surface area contributed by atoms with E-state index < -0.39 is 0 Å². The van der Waals surface area contributed by atoms with Gasteiger partial charge in [-0.3, -0.25) is 29.1 Å². The Morgan fingerprint density at radius 1 is 1.15 bits per heavy atom. The van der Waals surface area contributed by atoms with Crippen molar-refractivity contribution in [1.82, 2.24) is 29.3 Å². The van der Waals surface area contributed by atoms with E-state index in [2.05, 4.69) is 20.3 Å². The number of aromatic nitrogens is 6. The van der Waals surface area contributed by atoms with Crippen LogP contribution in [0.25, 0.3) is 11.3 Å². The highest BCUT2D eigenvalue weighted by molar-refractivity contribution is 7.16. The molecule has 14 heteroatoms. The zero-order valence-corrected chi connectivity index (χ0v) is 23.5. The Labute approximate surface area is 236 Å². The van der Waals surface area contributed by atoms with Crippen molar-refractivity contribution in [2.75, 3.05) is 31.4 Å². The maximum absolute atomic E-state index is 13.5. The number of hydrogen-bond donors (Lipinski definition) is 1. The molecule has 0 radical (unpaired) electrons. The van der Waals surface area contributed by atoms with Gasteiger partial charge in [-0.15, -0.1) is 22.7 Å². The molecule has 5 rings (SSSR count). The summed E-state index contributed by atoms with van der Waals surface area (Å²) in [7, 11) is 5.17. The minimum Gasteiger partial charge on any atom is -0.491 e. The van der Waals surface area contributed by atoms with Crippen molar-refractivity contribution in [1.29, 1.82) is 0 Å². The van der Waals surface area contributed by atoms with E-state index in [0.29, 0.717) is 50.1 Å². The highest BCUT2D eigenvalue weighted by Gasteiger charge is 2.28. The van der Waals surface area contributed by atoms with Crippen LogP contribution in [0.1, 0.15) is 20.2 Å². The summed E-state index contributed by atoms with van der Waals surface area (Å²) in [5.41, 5.74) is 2.97. The normalized spacial score (nSPS) is 11.0. The molecule has 0 atom stereocenters. The molecule has 0 unspecified atom stereocenters. The van der Waals surface area contributed by atoms with Gasteiger partial charge in [-0.2, -0.15) is 9.78 Å². The van der Waals surface area contributed by atoms with Crippen molar-refractivity contribution in [2.45, 2.75) is 13.1 Å². The van der Waals surface area contributed by atoms with Gasteiger partial charge in [-0.05, 0) is 18.2 Å². The molecule has 0 bridgehead atoms. The highest BCUT2D eigenvalue weighted by Crippen LogP contribution is 2.40. The molecular weight excluding hydrogens is 560 g/mol. The molecule has 0 fully saturated rings. The maximum Gasteiger partial charge on any atom is 0.291 e. The van der Waals surface area contributed by atoms with Crippen LogP contribution in [0.5, 0.6) is 5.75 Å². The standard InChI is InChI=1S/C25H23ClN8O3S2/c1-32(2)24-17(5-7-20(35)33(24)13-15-10-27-8-9-29-15)21-22(37-3)23(30-11-16-4-6-19(26)39-16)34(31-21)25(36)18-12-28-14-38-18/h4-10,12,14,30H,11,13H2,1-3H3. The number of rotatable bonds is 9. The number of carbonyl (C=O) groups is 1. The maximum atomic E-state index is 13.5. The zero-order chi connectivity index (χ0) is 27.5. The highest BCUT2D eigenvalue weighted by atomic mass is 35.5. The molecule has 0 aliphatic carbocycles. The molecule has 5 aromatic rings. The average molecular weight is 583 g/mol. The summed E-state index contributed by atoms with van der Waals surface area (Å²) < 4.78 is 9.36. The van der Waals surface area contributed by atoms with Crippen LogP contribution in [-0.4, -0.2) is 56.4 Å². The zero-order valence-electron chi connectivity index (χ0n) is 21.2. The van der Waals surface area contributed by atoms with Gasteiger partial charge in [-0.25, -0.2) is 0 Å². The predicted octanol–water partition coefficient (Wildman–Crippen LogP) is 4.10. The summed E-state index contributed by atoms with van der Waals surface area (Å²) in [4.78, 5) is 42.2. The molecule has 0 spiro atoms. The van der Waals surface area contributed by atoms with Crippen LogP contribution in [0, 0.1) is 0 Å². The van der Waals surface area contributed by atoms with Crippen molar-refractivity contribution in [2.24, 2.45) is 0 Å². The van der Waals surface area contributed by atoms with E-state index in [9.17, 15) is 9.59 Å². The summed E-state index contributed by atoms with van der Waals surface area (Å²) in [5, 5.41) is 8.01. The number of ether oxygens (including phenoxy) is 1. The number of pyridine rings is 1. The van der Waals surface area contributed by atoms with Gasteiger partial charge in [0.2, 0.25) is 0 Å². The van der Waals surface area contributed by atoms with E-state index in [-0.39, 0.29) is 18.0 Å². The number of thiophene rings is 1. The molecule has 0 saturated carbocycles. The smallest absolute Gasteiger partial charge is 0.291 e. The van der Waals surface area contributed by atoms with E-state index >= 15 is 0 Å². The van der Waals surface area contributed by atoms with Crippen LogP contribution < -0.4 is 20.5 Å². The topological polar surface area (TPSA) is 120 Å². The third kappa shape index (κ3) is 5.41. The molecule has 1 N–H and O–H groups in total. The van der Waals surface area contributed by atoms with Gasteiger partial charge < -0.3 is 15.0 Å². The largest absolute Gasteiger partial charge is 0.491 e. The number of methoxy groups -OCH3 is 1. The lowest BCUT2D eigenvalue weighted by atomic mass is 10.1. The Balaban J connectivity index is 1.67. The molecule has 11 nitrogen and oxygen atoms in total. The van der Waals surface area contributed by atoms with Gasteiger partial charge in [0.05, 0.1) is 48.1 Å². The SMILES string of the molecule is COc1c(-c2ccc(=O)n(Cc3cnccn3)c2N(C)C)nn(C(=O)c2cncs2)c1NCc1ccc(Cl)s1. The molecule has 0 aliphatic rings. The first kappa shape index (κ1) is 26.5.